The number of amides is 2. The van der Waals surface area contributed by atoms with E-state index in [2.05, 4.69) is 12.2 Å². The number of unbranched alkanes of at least 4 members (excludes halogenated alkanes) is 1. The Morgan fingerprint density at radius 2 is 1.81 bits per heavy atom. The van der Waals surface area contributed by atoms with Gasteiger partial charge in [0.25, 0.3) is 0 Å². The van der Waals surface area contributed by atoms with Gasteiger partial charge >= 0.3 is 0 Å². The Morgan fingerprint density at radius 3 is 2.54 bits per heavy atom. The van der Waals surface area contributed by atoms with Crippen molar-refractivity contribution in [3.63, 3.8) is 0 Å². The number of ether oxygens (including phenoxy) is 2. The molecule has 1 saturated carbocycles. The summed E-state index contributed by atoms with van der Waals surface area (Å²) < 4.78 is 10.6. The fraction of sp³-hybridized carbons (Fsp3) is 0.600. The van der Waals surface area contributed by atoms with E-state index >= 15 is 0 Å². The van der Waals surface area contributed by atoms with E-state index in [-0.39, 0.29) is 30.4 Å². The molecule has 6 nitrogen and oxygen atoms in total. The summed E-state index contributed by atoms with van der Waals surface area (Å²) in [5.41, 5.74) is 0.719. The van der Waals surface area contributed by atoms with Crippen LogP contribution in [-0.2, 0) is 9.59 Å². The summed E-state index contributed by atoms with van der Waals surface area (Å²) >= 11 is 0. The summed E-state index contributed by atoms with van der Waals surface area (Å²) in [6, 6.07) is 5.42. The van der Waals surface area contributed by atoms with Crippen molar-refractivity contribution in [3.05, 3.63) is 18.2 Å². The molecule has 0 aromatic heterocycles. The number of nitrogens with zero attached hydrogens (tertiary/aromatic N) is 1. The van der Waals surface area contributed by atoms with Crippen molar-refractivity contribution in [2.45, 2.75) is 45.4 Å². The molecule has 0 unspecified atom stereocenters. The molecule has 26 heavy (non-hydrogen) atoms. The average molecular weight is 360 g/mol. The molecule has 0 atom stereocenters. The average Bonchev–Trinajstić information content (AvgIpc) is 3.13. The lowest BCUT2D eigenvalue weighted by Crippen LogP contribution is -2.37. The molecule has 2 aliphatic rings. The van der Waals surface area contributed by atoms with Crippen LogP contribution in [0.3, 0.4) is 0 Å². The zero-order chi connectivity index (χ0) is 18.5. The topological polar surface area (TPSA) is 67.9 Å². The zero-order valence-corrected chi connectivity index (χ0v) is 15.6. The van der Waals surface area contributed by atoms with Gasteiger partial charge in [-0.05, 0) is 44.2 Å². The van der Waals surface area contributed by atoms with Crippen molar-refractivity contribution in [2.75, 3.05) is 25.7 Å². The first-order valence-electron chi connectivity index (χ1n) is 9.54. The Hall–Kier alpha value is -2.24. The maximum Gasteiger partial charge on any atom is 0.231 e. The van der Waals surface area contributed by atoms with Crippen LogP contribution >= 0.6 is 0 Å². The quantitative estimate of drug-likeness (QED) is 0.844. The highest BCUT2D eigenvalue weighted by atomic mass is 16.7. The molecule has 6 heteroatoms. The predicted octanol–water partition coefficient (Wildman–Crippen LogP) is 3.42. The second kappa shape index (κ2) is 8.43. The highest BCUT2D eigenvalue weighted by molar-refractivity contribution is 5.93. The van der Waals surface area contributed by atoms with Crippen molar-refractivity contribution >= 4 is 17.5 Å². The lowest BCUT2D eigenvalue weighted by molar-refractivity contribution is -0.136. The van der Waals surface area contributed by atoms with E-state index in [4.69, 9.17) is 9.47 Å². The first-order chi connectivity index (χ1) is 12.6. The number of carbonyl (C=O) groups excluding carboxylic acids is 2. The van der Waals surface area contributed by atoms with Gasteiger partial charge in [0.15, 0.2) is 11.5 Å². The lowest BCUT2D eigenvalue weighted by atomic mass is 9.81. The van der Waals surface area contributed by atoms with Crippen molar-refractivity contribution in [1.29, 1.82) is 0 Å². The van der Waals surface area contributed by atoms with E-state index in [1.807, 2.05) is 18.0 Å². The molecule has 142 valence electrons. The summed E-state index contributed by atoms with van der Waals surface area (Å²) in [4.78, 5) is 26.9. The van der Waals surface area contributed by atoms with Crippen LogP contribution in [0.4, 0.5) is 5.69 Å². The summed E-state index contributed by atoms with van der Waals surface area (Å²) in [5.74, 6) is 1.64. The van der Waals surface area contributed by atoms with Crippen LogP contribution in [0, 0.1) is 11.8 Å². The molecule has 1 N–H and O–H groups in total. The fourth-order valence-corrected chi connectivity index (χ4v) is 3.64. The third kappa shape index (κ3) is 4.29. The Balaban J connectivity index is 1.48. The first kappa shape index (κ1) is 18.5. The smallest absolute Gasteiger partial charge is 0.231 e. The highest BCUT2D eigenvalue weighted by Gasteiger charge is 2.31. The summed E-state index contributed by atoms with van der Waals surface area (Å²) in [6.45, 7) is 3.17. The molecular formula is C20H28N2O4. The van der Waals surface area contributed by atoms with Crippen molar-refractivity contribution in [2.24, 2.45) is 11.8 Å². The maximum absolute atomic E-state index is 12.5. The number of hydrogen-bond acceptors (Lipinski definition) is 4. The van der Waals surface area contributed by atoms with E-state index in [1.165, 1.54) is 0 Å². The predicted molar refractivity (Wildman–Crippen MR) is 99.2 cm³/mol. The highest BCUT2D eigenvalue weighted by Crippen LogP contribution is 2.35. The number of anilines is 1. The van der Waals surface area contributed by atoms with Gasteiger partial charge in [-0.25, -0.2) is 0 Å². The van der Waals surface area contributed by atoms with Gasteiger partial charge in [0.2, 0.25) is 18.6 Å². The molecule has 1 heterocycles. The first-order valence-corrected chi connectivity index (χ1v) is 9.54. The minimum Gasteiger partial charge on any atom is -0.454 e. The molecule has 3 rings (SSSR count). The largest absolute Gasteiger partial charge is 0.454 e. The van der Waals surface area contributed by atoms with Gasteiger partial charge < -0.3 is 19.7 Å². The molecule has 2 amide bonds. The molecular weight excluding hydrogens is 332 g/mol. The van der Waals surface area contributed by atoms with Crippen LogP contribution < -0.4 is 14.8 Å². The third-order valence-electron chi connectivity index (χ3n) is 5.31. The SMILES string of the molecule is CCCCN(C)C(=O)C1CCC(C(=O)Nc2ccc3c(c2)OCO3)CC1. The summed E-state index contributed by atoms with van der Waals surface area (Å²) in [5, 5.41) is 2.97. The minimum atomic E-state index is -0.0366. The van der Waals surface area contributed by atoms with Gasteiger partial charge in [-0.3, -0.25) is 9.59 Å². The van der Waals surface area contributed by atoms with Crippen LogP contribution in [0.25, 0.3) is 0 Å². The van der Waals surface area contributed by atoms with E-state index in [0.717, 1.165) is 50.8 Å². The van der Waals surface area contributed by atoms with Crippen molar-refractivity contribution in [3.8, 4) is 11.5 Å². The van der Waals surface area contributed by atoms with E-state index in [1.54, 1.807) is 12.1 Å². The standard InChI is InChI=1S/C20H28N2O4/c1-3-4-11-22(2)20(24)15-7-5-14(6-8-15)19(23)21-16-9-10-17-18(12-16)26-13-25-17/h9-10,12,14-15H,3-8,11,13H2,1-2H3,(H,21,23). The molecule has 1 aliphatic heterocycles. The molecule has 1 fully saturated rings. The number of benzene rings is 1. The molecule has 0 bridgehead atoms. The Kier molecular flexibility index (Phi) is 6.01. The van der Waals surface area contributed by atoms with E-state index in [9.17, 15) is 9.59 Å². The van der Waals surface area contributed by atoms with Gasteiger partial charge in [0.1, 0.15) is 0 Å². The lowest BCUT2D eigenvalue weighted by Gasteiger charge is -2.30. The Bertz CT molecular complexity index is 653. The molecule has 0 saturated heterocycles. The second-order valence-corrected chi connectivity index (χ2v) is 7.22. The Labute approximate surface area is 154 Å². The number of rotatable bonds is 6. The Morgan fingerprint density at radius 1 is 1.12 bits per heavy atom. The number of nitrogens with one attached hydrogen (secondary N) is 1. The van der Waals surface area contributed by atoms with Crippen LogP contribution in [0.15, 0.2) is 18.2 Å². The normalized spacial score (nSPS) is 21.3. The van der Waals surface area contributed by atoms with Gasteiger partial charge in [-0.1, -0.05) is 13.3 Å². The molecule has 1 aromatic carbocycles. The minimum absolute atomic E-state index is 0.0223. The number of hydrogen-bond donors (Lipinski definition) is 1. The zero-order valence-electron chi connectivity index (χ0n) is 15.6. The summed E-state index contributed by atoms with van der Waals surface area (Å²) in [7, 11) is 1.89. The fourth-order valence-electron chi connectivity index (χ4n) is 3.64. The number of carbonyl (C=O) groups is 2. The molecule has 0 radical (unpaired) electrons. The molecule has 0 spiro atoms. The number of fused-ring (bicyclic) bond motifs is 1. The van der Waals surface area contributed by atoms with Crippen LogP contribution in [0.1, 0.15) is 45.4 Å². The molecule has 1 aromatic rings. The molecule has 1 aliphatic carbocycles. The monoisotopic (exact) mass is 360 g/mol. The maximum atomic E-state index is 12.5. The summed E-state index contributed by atoms with van der Waals surface area (Å²) in [6.07, 6.45) is 5.21. The van der Waals surface area contributed by atoms with Crippen LogP contribution in [0.2, 0.25) is 0 Å². The second-order valence-electron chi connectivity index (χ2n) is 7.22. The van der Waals surface area contributed by atoms with Gasteiger partial charge in [0.05, 0.1) is 0 Å². The van der Waals surface area contributed by atoms with Gasteiger partial charge in [-0.15, -0.1) is 0 Å². The van der Waals surface area contributed by atoms with Gasteiger partial charge in [0, 0.05) is 37.2 Å². The van der Waals surface area contributed by atoms with Crippen molar-refractivity contribution in [1.82, 2.24) is 4.90 Å². The van der Waals surface area contributed by atoms with Crippen LogP contribution in [0.5, 0.6) is 11.5 Å². The van der Waals surface area contributed by atoms with E-state index in [0.29, 0.717) is 11.5 Å². The van der Waals surface area contributed by atoms with Gasteiger partial charge in [-0.2, -0.15) is 0 Å². The van der Waals surface area contributed by atoms with Crippen molar-refractivity contribution < 1.29 is 19.1 Å². The van der Waals surface area contributed by atoms with E-state index < -0.39 is 0 Å². The van der Waals surface area contributed by atoms with Crippen LogP contribution in [-0.4, -0.2) is 37.1 Å². The third-order valence-corrected chi connectivity index (χ3v) is 5.31.